The van der Waals surface area contributed by atoms with Gasteiger partial charge in [0.25, 0.3) is 0 Å². The predicted octanol–water partition coefficient (Wildman–Crippen LogP) is 4.58. The fourth-order valence-electron chi connectivity index (χ4n) is 3.65. The molecular formula is C23H46N2O2S3. The molecule has 0 bridgehead atoms. The topological polar surface area (TPSA) is 24.9 Å². The SMILES string of the molecule is CCC(C)(CCSC(C)(C)CCSCCN1CCOCC1)SCCN1CCOCC1. The summed E-state index contributed by atoms with van der Waals surface area (Å²) in [6.07, 6.45) is 3.88. The lowest BCUT2D eigenvalue weighted by Crippen LogP contribution is -2.38. The molecule has 178 valence electrons. The van der Waals surface area contributed by atoms with Crippen LogP contribution in [0.25, 0.3) is 0 Å². The lowest BCUT2D eigenvalue weighted by atomic mass is 10.1. The maximum absolute atomic E-state index is 5.46. The molecule has 0 aromatic carbocycles. The van der Waals surface area contributed by atoms with Gasteiger partial charge in [0, 0.05) is 60.3 Å². The van der Waals surface area contributed by atoms with Gasteiger partial charge in [0.05, 0.1) is 26.4 Å². The van der Waals surface area contributed by atoms with Crippen molar-refractivity contribution in [3.8, 4) is 0 Å². The van der Waals surface area contributed by atoms with E-state index in [1.165, 1.54) is 55.4 Å². The normalized spacial score (nSPS) is 21.6. The molecule has 0 aromatic rings. The van der Waals surface area contributed by atoms with Crippen molar-refractivity contribution in [3.63, 3.8) is 0 Å². The minimum Gasteiger partial charge on any atom is -0.379 e. The number of thioether (sulfide) groups is 3. The van der Waals surface area contributed by atoms with Crippen LogP contribution in [-0.2, 0) is 9.47 Å². The molecule has 1 unspecified atom stereocenters. The first-order valence-corrected chi connectivity index (χ1v) is 15.0. The molecular weight excluding hydrogens is 432 g/mol. The molecule has 0 saturated carbocycles. The fraction of sp³-hybridized carbons (Fsp3) is 1.00. The molecule has 0 aromatic heterocycles. The number of rotatable bonds is 15. The van der Waals surface area contributed by atoms with Crippen LogP contribution in [0.4, 0.5) is 0 Å². The highest BCUT2D eigenvalue weighted by Crippen LogP contribution is 2.37. The van der Waals surface area contributed by atoms with Crippen LogP contribution >= 0.6 is 35.3 Å². The van der Waals surface area contributed by atoms with Gasteiger partial charge in [-0.25, -0.2) is 0 Å². The Morgan fingerprint density at radius 3 is 1.83 bits per heavy atom. The Labute approximate surface area is 199 Å². The molecule has 1 atom stereocenters. The second kappa shape index (κ2) is 14.9. The van der Waals surface area contributed by atoms with E-state index in [4.69, 9.17) is 9.47 Å². The molecule has 2 rings (SSSR count). The number of ether oxygens (including phenoxy) is 2. The molecule has 2 saturated heterocycles. The molecule has 0 aliphatic carbocycles. The van der Waals surface area contributed by atoms with Gasteiger partial charge in [0.15, 0.2) is 0 Å². The van der Waals surface area contributed by atoms with Crippen LogP contribution in [0.1, 0.15) is 47.0 Å². The van der Waals surface area contributed by atoms with E-state index in [1.54, 1.807) is 0 Å². The monoisotopic (exact) mass is 478 g/mol. The van der Waals surface area contributed by atoms with E-state index in [0.717, 1.165) is 52.6 Å². The summed E-state index contributed by atoms with van der Waals surface area (Å²) in [5.41, 5.74) is 0. The van der Waals surface area contributed by atoms with Crippen LogP contribution in [0.15, 0.2) is 0 Å². The van der Waals surface area contributed by atoms with Crippen molar-refractivity contribution in [2.45, 2.75) is 56.5 Å². The summed E-state index contributed by atoms with van der Waals surface area (Å²) in [6.45, 7) is 20.2. The van der Waals surface area contributed by atoms with E-state index in [-0.39, 0.29) is 0 Å². The average Bonchev–Trinajstić information content (AvgIpc) is 2.75. The molecule has 0 N–H and O–H groups in total. The zero-order valence-electron chi connectivity index (χ0n) is 20.0. The summed E-state index contributed by atoms with van der Waals surface area (Å²) in [7, 11) is 0. The minimum atomic E-state index is 0.388. The van der Waals surface area contributed by atoms with Gasteiger partial charge >= 0.3 is 0 Å². The van der Waals surface area contributed by atoms with E-state index in [9.17, 15) is 0 Å². The average molecular weight is 479 g/mol. The van der Waals surface area contributed by atoms with E-state index >= 15 is 0 Å². The van der Waals surface area contributed by atoms with Crippen LogP contribution in [0, 0.1) is 0 Å². The van der Waals surface area contributed by atoms with E-state index in [0.29, 0.717) is 9.49 Å². The van der Waals surface area contributed by atoms with Crippen molar-refractivity contribution in [1.29, 1.82) is 0 Å². The third-order valence-electron chi connectivity index (χ3n) is 6.34. The summed E-state index contributed by atoms with van der Waals surface area (Å²) < 4.78 is 11.7. The molecule has 0 amide bonds. The van der Waals surface area contributed by atoms with Gasteiger partial charge in [-0.1, -0.05) is 27.7 Å². The Hall–Kier alpha value is 0.890. The van der Waals surface area contributed by atoms with Crippen LogP contribution in [-0.4, -0.2) is 108 Å². The van der Waals surface area contributed by atoms with Crippen LogP contribution in [0.3, 0.4) is 0 Å². The van der Waals surface area contributed by atoms with Crippen molar-refractivity contribution >= 4 is 35.3 Å². The molecule has 4 nitrogen and oxygen atoms in total. The Morgan fingerprint density at radius 1 is 0.700 bits per heavy atom. The molecule has 7 heteroatoms. The van der Waals surface area contributed by atoms with Crippen molar-refractivity contribution in [1.82, 2.24) is 9.80 Å². The largest absolute Gasteiger partial charge is 0.379 e. The zero-order chi connectivity index (χ0) is 21.7. The minimum absolute atomic E-state index is 0.388. The molecule has 2 fully saturated rings. The Balaban J connectivity index is 1.53. The maximum Gasteiger partial charge on any atom is 0.0594 e. The van der Waals surface area contributed by atoms with Gasteiger partial charge in [-0.2, -0.15) is 35.3 Å². The molecule has 0 radical (unpaired) electrons. The van der Waals surface area contributed by atoms with Crippen molar-refractivity contribution < 1.29 is 9.47 Å². The second-order valence-corrected chi connectivity index (χ2v) is 14.0. The van der Waals surface area contributed by atoms with Crippen molar-refractivity contribution in [3.05, 3.63) is 0 Å². The van der Waals surface area contributed by atoms with Crippen LogP contribution < -0.4 is 0 Å². The van der Waals surface area contributed by atoms with Gasteiger partial charge in [0.1, 0.15) is 0 Å². The third-order valence-corrected chi connectivity index (χ3v) is 10.3. The van der Waals surface area contributed by atoms with Crippen LogP contribution in [0.2, 0.25) is 0 Å². The summed E-state index contributed by atoms with van der Waals surface area (Å²) in [5, 5.41) is 0. The Morgan fingerprint density at radius 2 is 1.27 bits per heavy atom. The zero-order valence-corrected chi connectivity index (χ0v) is 22.4. The highest BCUT2D eigenvalue weighted by atomic mass is 32.2. The highest BCUT2D eigenvalue weighted by molar-refractivity contribution is 8.01. The molecule has 2 aliphatic rings. The Bertz CT molecular complexity index is 444. The first kappa shape index (κ1) is 27.1. The van der Waals surface area contributed by atoms with E-state index in [2.05, 4.69) is 72.8 Å². The first-order chi connectivity index (χ1) is 14.4. The lowest BCUT2D eigenvalue weighted by molar-refractivity contribution is 0.0409. The summed E-state index contributed by atoms with van der Waals surface area (Å²) in [5.74, 6) is 5.07. The lowest BCUT2D eigenvalue weighted by Gasteiger charge is -2.32. The quantitative estimate of drug-likeness (QED) is 0.318. The second-order valence-electron chi connectivity index (χ2n) is 9.28. The number of morpholine rings is 2. The number of hydrogen-bond donors (Lipinski definition) is 0. The first-order valence-electron chi connectivity index (χ1n) is 11.9. The van der Waals surface area contributed by atoms with Crippen molar-refractivity contribution in [2.75, 3.05) is 88.7 Å². The fourth-order valence-corrected chi connectivity index (χ4v) is 7.80. The smallest absolute Gasteiger partial charge is 0.0594 e. The van der Waals surface area contributed by atoms with Gasteiger partial charge in [-0.05, 0) is 30.8 Å². The van der Waals surface area contributed by atoms with Gasteiger partial charge in [-0.3, -0.25) is 9.80 Å². The van der Waals surface area contributed by atoms with Gasteiger partial charge < -0.3 is 9.47 Å². The number of nitrogens with zero attached hydrogens (tertiary/aromatic N) is 2. The maximum atomic E-state index is 5.46. The summed E-state index contributed by atoms with van der Waals surface area (Å²) in [4.78, 5) is 5.10. The van der Waals surface area contributed by atoms with E-state index < -0.39 is 0 Å². The van der Waals surface area contributed by atoms with Crippen molar-refractivity contribution in [2.24, 2.45) is 0 Å². The molecule has 30 heavy (non-hydrogen) atoms. The van der Waals surface area contributed by atoms with Gasteiger partial charge in [-0.15, -0.1) is 0 Å². The molecule has 2 heterocycles. The summed E-state index contributed by atoms with van der Waals surface area (Å²) in [6, 6.07) is 0. The number of hydrogen-bond acceptors (Lipinski definition) is 7. The van der Waals surface area contributed by atoms with Crippen LogP contribution in [0.5, 0.6) is 0 Å². The standard InChI is InChI=1S/C23H46N2O2S3/c1-5-23(4,30-21-13-25-10-16-27-17-11-25)7-19-29-22(2,3)6-18-28-20-12-24-8-14-26-15-9-24/h5-21H2,1-4H3. The predicted molar refractivity (Wildman–Crippen MR) is 139 cm³/mol. The van der Waals surface area contributed by atoms with Gasteiger partial charge in [0.2, 0.25) is 0 Å². The third kappa shape index (κ3) is 11.7. The summed E-state index contributed by atoms with van der Waals surface area (Å²) >= 11 is 6.51. The highest BCUT2D eigenvalue weighted by Gasteiger charge is 2.25. The molecule has 2 aliphatic heterocycles. The Kier molecular flexibility index (Phi) is 13.5. The van der Waals surface area contributed by atoms with E-state index in [1.807, 2.05) is 0 Å². The molecule has 0 spiro atoms.